The fraction of sp³-hybridized carbons (Fsp3) is 0.684. The molecule has 2 bridgehead atoms. The zero-order chi connectivity index (χ0) is 14.0. The lowest BCUT2D eigenvalue weighted by Crippen LogP contribution is -2.23. The number of hydrogen-bond donors (Lipinski definition) is 1. The Morgan fingerprint density at radius 3 is 2.15 bits per heavy atom. The molecule has 1 nitrogen and oxygen atoms in total. The van der Waals surface area contributed by atoms with E-state index < -0.39 is 0 Å². The molecule has 0 heterocycles. The molecule has 108 valence electrons. The van der Waals surface area contributed by atoms with Crippen LogP contribution in [0.15, 0.2) is 12.1 Å². The fourth-order valence-corrected chi connectivity index (χ4v) is 5.71. The fourth-order valence-electron chi connectivity index (χ4n) is 5.71. The van der Waals surface area contributed by atoms with Crippen molar-refractivity contribution in [2.75, 3.05) is 7.05 Å². The Kier molecular flexibility index (Phi) is 2.79. The number of benzene rings is 1. The van der Waals surface area contributed by atoms with E-state index in [0.717, 1.165) is 29.6 Å². The maximum atomic E-state index is 3.67. The van der Waals surface area contributed by atoms with E-state index in [9.17, 15) is 0 Å². The number of hydrogen-bond acceptors (Lipinski definition) is 1. The lowest BCUT2D eigenvalue weighted by Gasteiger charge is -2.23. The van der Waals surface area contributed by atoms with Gasteiger partial charge in [0.15, 0.2) is 0 Å². The van der Waals surface area contributed by atoms with E-state index >= 15 is 0 Å². The Morgan fingerprint density at radius 2 is 1.55 bits per heavy atom. The third-order valence-corrected chi connectivity index (χ3v) is 6.71. The summed E-state index contributed by atoms with van der Waals surface area (Å²) in [6, 6.07) is 5.41. The highest BCUT2D eigenvalue weighted by molar-refractivity contribution is 5.40. The second kappa shape index (κ2) is 4.34. The zero-order valence-electron chi connectivity index (χ0n) is 13.2. The largest absolute Gasteiger partial charge is 0.313 e. The van der Waals surface area contributed by atoms with E-state index in [1.54, 1.807) is 12.0 Å². The summed E-state index contributed by atoms with van der Waals surface area (Å²) in [6.07, 6.45) is 4.59. The van der Waals surface area contributed by atoms with Crippen LogP contribution in [0.5, 0.6) is 0 Å². The molecule has 0 radical (unpaired) electrons. The summed E-state index contributed by atoms with van der Waals surface area (Å²) in [6.45, 7) is 6.77. The van der Waals surface area contributed by atoms with Gasteiger partial charge < -0.3 is 5.32 Å². The van der Waals surface area contributed by atoms with Crippen LogP contribution in [0.3, 0.4) is 0 Å². The third-order valence-electron chi connectivity index (χ3n) is 6.71. The smallest absolute Gasteiger partial charge is 0.0354 e. The topological polar surface area (TPSA) is 12.0 Å². The van der Waals surface area contributed by atoms with Crippen LogP contribution in [0.4, 0.5) is 0 Å². The van der Waals surface area contributed by atoms with E-state index in [0.29, 0.717) is 6.04 Å². The molecule has 1 heteroatoms. The normalized spacial score (nSPS) is 38.9. The second-order valence-corrected chi connectivity index (χ2v) is 7.62. The molecule has 0 saturated heterocycles. The predicted octanol–water partition coefficient (Wildman–Crippen LogP) is 4.16. The lowest BCUT2D eigenvalue weighted by molar-refractivity contribution is 0.384. The summed E-state index contributed by atoms with van der Waals surface area (Å²) in [5.74, 6) is 5.15. The van der Waals surface area contributed by atoms with Crippen molar-refractivity contribution in [1.29, 1.82) is 0 Å². The molecule has 20 heavy (non-hydrogen) atoms. The van der Waals surface area contributed by atoms with Crippen molar-refractivity contribution >= 4 is 0 Å². The molecular formula is C19H27N. The Hall–Kier alpha value is -0.820. The first-order valence-electron chi connectivity index (χ1n) is 8.37. The highest BCUT2D eigenvalue weighted by Gasteiger charge is 2.66. The molecule has 1 aromatic carbocycles. The first kappa shape index (κ1) is 12.9. The summed E-state index contributed by atoms with van der Waals surface area (Å²) in [4.78, 5) is 0. The third kappa shape index (κ3) is 1.65. The Morgan fingerprint density at radius 1 is 0.950 bits per heavy atom. The molecule has 3 aliphatic carbocycles. The van der Waals surface area contributed by atoms with Gasteiger partial charge in [-0.15, -0.1) is 0 Å². The minimum atomic E-state index is 0.590. The minimum Gasteiger partial charge on any atom is -0.313 e. The standard InChI is InChI=1S/C19H27N/c1-10-7-12(3)15(8-11(10)2)19(20-4)18-16-13-5-6-14(9-13)17(16)18/h7-8,13-14,16-20H,5-6,9H2,1-4H3. The van der Waals surface area contributed by atoms with Crippen molar-refractivity contribution in [2.45, 2.75) is 46.1 Å². The van der Waals surface area contributed by atoms with Crippen LogP contribution in [-0.2, 0) is 0 Å². The maximum Gasteiger partial charge on any atom is 0.0354 e. The van der Waals surface area contributed by atoms with Crippen molar-refractivity contribution in [3.05, 3.63) is 34.4 Å². The average Bonchev–Trinajstić information content (AvgIpc) is 2.84. The molecular weight excluding hydrogens is 242 g/mol. The summed E-state index contributed by atoms with van der Waals surface area (Å²) in [5, 5.41) is 3.67. The minimum absolute atomic E-state index is 0.590. The molecule has 0 spiro atoms. The van der Waals surface area contributed by atoms with Gasteiger partial charge in [0.2, 0.25) is 0 Å². The molecule has 3 saturated carbocycles. The summed E-state index contributed by atoms with van der Waals surface area (Å²) >= 11 is 0. The quantitative estimate of drug-likeness (QED) is 0.868. The maximum absolute atomic E-state index is 3.67. The number of fused-ring (bicyclic) bond motifs is 5. The number of aryl methyl sites for hydroxylation is 3. The second-order valence-electron chi connectivity index (χ2n) is 7.62. The molecule has 3 aliphatic rings. The first-order valence-corrected chi connectivity index (χ1v) is 8.37. The van der Waals surface area contributed by atoms with Crippen molar-refractivity contribution in [3.63, 3.8) is 0 Å². The van der Waals surface area contributed by atoms with Crippen molar-refractivity contribution in [2.24, 2.45) is 29.6 Å². The summed E-state index contributed by atoms with van der Waals surface area (Å²) in [5.41, 5.74) is 5.91. The van der Waals surface area contributed by atoms with E-state index in [1.165, 1.54) is 29.5 Å². The van der Waals surface area contributed by atoms with Gasteiger partial charge >= 0.3 is 0 Å². The molecule has 1 N–H and O–H groups in total. The molecule has 0 aromatic heterocycles. The van der Waals surface area contributed by atoms with Crippen LogP contribution in [-0.4, -0.2) is 7.05 Å². The van der Waals surface area contributed by atoms with Gasteiger partial charge in [0, 0.05) is 6.04 Å². The van der Waals surface area contributed by atoms with Gasteiger partial charge in [0.1, 0.15) is 0 Å². The van der Waals surface area contributed by atoms with Crippen molar-refractivity contribution in [3.8, 4) is 0 Å². The molecule has 1 aromatic rings. The molecule has 3 fully saturated rings. The van der Waals surface area contributed by atoms with Crippen molar-refractivity contribution < 1.29 is 0 Å². The lowest BCUT2D eigenvalue weighted by atomic mass is 9.89. The average molecular weight is 269 g/mol. The molecule has 5 unspecified atom stereocenters. The summed E-state index contributed by atoms with van der Waals surface area (Å²) in [7, 11) is 2.16. The molecule has 5 atom stereocenters. The van der Waals surface area contributed by atoms with Gasteiger partial charge in [0.05, 0.1) is 0 Å². The van der Waals surface area contributed by atoms with E-state index in [-0.39, 0.29) is 0 Å². The predicted molar refractivity (Wildman–Crippen MR) is 83.8 cm³/mol. The van der Waals surface area contributed by atoms with Gasteiger partial charge in [-0.1, -0.05) is 12.1 Å². The first-order chi connectivity index (χ1) is 9.61. The van der Waals surface area contributed by atoms with Crippen molar-refractivity contribution in [1.82, 2.24) is 5.32 Å². The van der Waals surface area contributed by atoms with Gasteiger partial charge in [-0.05, 0) is 98.9 Å². The van der Waals surface area contributed by atoms with Crippen LogP contribution >= 0.6 is 0 Å². The summed E-state index contributed by atoms with van der Waals surface area (Å²) < 4.78 is 0. The van der Waals surface area contributed by atoms with Crippen LogP contribution in [0.2, 0.25) is 0 Å². The van der Waals surface area contributed by atoms with Gasteiger partial charge in [-0.3, -0.25) is 0 Å². The highest BCUT2D eigenvalue weighted by Crippen LogP contribution is 2.72. The van der Waals surface area contributed by atoms with Gasteiger partial charge in [-0.2, -0.15) is 0 Å². The molecule has 0 amide bonds. The van der Waals surface area contributed by atoms with Gasteiger partial charge in [0.25, 0.3) is 0 Å². The van der Waals surface area contributed by atoms with Crippen LogP contribution in [0, 0.1) is 50.4 Å². The Balaban J connectivity index is 1.65. The van der Waals surface area contributed by atoms with Crippen LogP contribution < -0.4 is 5.32 Å². The molecule has 0 aliphatic heterocycles. The van der Waals surface area contributed by atoms with E-state index in [2.05, 4.69) is 45.3 Å². The Bertz CT molecular complexity index is 531. The Labute approximate surface area is 123 Å². The zero-order valence-corrected chi connectivity index (χ0v) is 13.2. The SMILES string of the molecule is CNC(c1cc(C)c(C)cc1C)C1C2C3CCC(C3)C21. The number of nitrogens with one attached hydrogen (secondary N) is 1. The molecule has 4 rings (SSSR count). The van der Waals surface area contributed by atoms with E-state index in [4.69, 9.17) is 0 Å². The number of rotatable bonds is 3. The van der Waals surface area contributed by atoms with Crippen LogP contribution in [0.1, 0.15) is 47.6 Å². The van der Waals surface area contributed by atoms with Gasteiger partial charge in [-0.25, -0.2) is 0 Å². The van der Waals surface area contributed by atoms with Crippen LogP contribution in [0.25, 0.3) is 0 Å². The van der Waals surface area contributed by atoms with E-state index in [1.807, 2.05) is 0 Å². The monoisotopic (exact) mass is 269 g/mol. The highest BCUT2D eigenvalue weighted by atomic mass is 14.9.